The summed E-state index contributed by atoms with van der Waals surface area (Å²) in [6, 6.07) is 0.554. The van der Waals surface area contributed by atoms with Gasteiger partial charge in [-0.1, -0.05) is 0 Å². The van der Waals surface area contributed by atoms with Crippen molar-refractivity contribution in [3.8, 4) is 6.01 Å². The Morgan fingerprint density at radius 2 is 1.71 bits per heavy atom. The highest BCUT2D eigenvalue weighted by molar-refractivity contribution is 7.91. The van der Waals surface area contributed by atoms with Crippen LogP contribution in [0.25, 0.3) is 0 Å². The molecule has 0 spiro atoms. The Hall–Kier alpha value is -1.74. The fraction of sp³-hybridized carbons (Fsp3) is 0.667. The number of piperazine rings is 1. The van der Waals surface area contributed by atoms with Crippen molar-refractivity contribution in [2.24, 2.45) is 0 Å². The van der Waals surface area contributed by atoms with E-state index < -0.39 is 9.84 Å². The summed E-state index contributed by atoms with van der Waals surface area (Å²) in [6.45, 7) is 2.81. The van der Waals surface area contributed by atoms with E-state index in [4.69, 9.17) is 4.74 Å². The highest BCUT2D eigenvalue weighted by Crippen LogP contribution is 2.20. The van der Waals surface area contributed by atoms with Gasteiger partial charge in [-0.05, 0) is 12.8 Å². The Morgan fingerprint density at radius 1 is 1.12 bits per heavy atom. The fourth-order valence-electron chi connectivity index (χ4n) is 3.25. The van der Waals surface area contributed by atoms with E-state index >= 15 is 0 Å². The molecular formula is C15H22N4O4S. The van der Waals surface area contributed by atoms with E-state index in [1.807, 2.05) is 0 Å². The maximum atomic E-state index is 12.5. The Morgan fingerprint density at radius 3 is 2.25 bits per heavy atom. The topological polar surface area (TPSA) is 92.7 Å². The highest BCUT2D eigenvalue weighted by atomic mass is 32.2. The zero-order valence-electron chi connectivity index (χ0n) is 13.7. The third kappa shape index (κ3) is 3.84. The van der Waals surface area contributed by atoms with Gasteiger partial charge in [-0.15, -0.1) is 0 Å². The fourth-order valence-corrected chi connectivity index (χ4v) is 4.71. The van der Waals surface area contributed by atoms with E-state index in [0.29, 0.717) is 37.5 Å². The van der Waals surface area contributed by atoms with Crippen LogP contribution in [0.2, 0.25) is 0 Å². The van der Waals surface area contributed by atoms with Crippen LogP contribution in [0.5, 0.6) is 6.01 Å². The summed E-state index contributed by atoms with van der Waals surface area (Å²) in [6.07, 6.45) is 4.35. The first-order valence-electron chi connectivity index (χ1n) is 8.08. The molecule has 1 amide bonds. The van der Waals surface area contributed by atoms with Crippen LogP contribution in [0.1, 0.15) is 23.2 Å². The second-order valence-electron chi connectivity index (χ2n) is 6.17. The van der Waals surface area contributed by atoms with Crippen molar-refractivity contribution < 1.29 is 17.9 Å². The summed E-state index contributed by atoms with van der Waals surface area (Å²) >= 11 is 0. The first-order valence-corrected chi connectivity index (χ1v) is 9.90. The molecule has 2 aliphatic rings. The van der Waals surface area contributed by atoms with E-state index in [0.717, 1.165) is 13.1 Å². The Bertz CT molecular complexity index is 670. The second-order valence-corrected chi connectivity index (χ2v) is 8.47. The number of sulfone groups is 1. The molecule has 0 aliphatic carbocycles. The summed E-state index contributed by atoms with van der Waals surface area (Å²) in [5, 5.41) is 0. The molecule has 2 saturated heterocycles. The summed E-state index contributed by atoms with van der Waals surface area (Å²) in [5.41, 5.74) is 0.452. The summed E-state index contributed by atoms with van der Waals surface area (Å²) in [5.74, 6) is 0.475. The number of hydrogen-bond acceptors (Lipinski definition) is 7. The summed E-state index contributed by atoms with van der Waals surface area (Å²) in [7, 11) is -1.36. The molecule has 2 fully saturated rings. The Labute approximate surface area is 141 Å². The third-order valence-electron chi connectivity index (χ3n) is 4.70. The van der Waals surface area contributed by atoms with Crippen LogP contribution in [0.3, 0.4) is 0 Å². The van der Waals surface area contributed by atoms with Gasteiger partial charge in [0.1, 0.15) is 9.84 Å². The SMILES string of the molecule is COc1ncc(C(=O)N2CCN(C3CCS(=O)(=O)CC3)CC2)cn1. The van der Waals surface area contributed by atoms with Crippen LogP contribution in [-0.2, 0) is 9.84 Å². The molecule has 1 aromatic heterocycles. The molecule has 3 rings (SSSR count). The lowest BCUT2D eigenvalue weighted by molar-refractivity contribution is 0.0557. The number of methoxy groups -OCH3 is 1. The van der Waals surface area contributed by atoms with Crippen molar-refractivity contribution >= 4 is 15.7 Å². The van der Waals surface area contributed by atoms with Gasteiger partial charge < -0.3 is 9.64 Å². The maximum absolute atomic E-state index is 12.5. The lowest BCUT2D eigenvalue weighted by Crippen LogP contribution is -2.53. The van der Waals surface area contributed by atoms with E-state index in [9.17, 15) is 13.2 Å². The van der Waals surface area contributed by atoms with E-state index in [1.54, 1.807) is 4.90 Å². The van der Waals surface area contributed by atoms with Gasteiger partial charge in [-0.2, -0.15) is 0 Å². The van der Waals surface area contributed by atoms with E-state index in [1.165, 1.54) is 19.5 Å². The molecule has 2 aliphatic heterocycles. The van der Waals surface area contributed by atoms with Gasteiger partial charge in [-0.25, -0.2) is 18.4 Å². The zero-order chi connectivity index (χ0) is 17.2. The normalized spacial score (nSPS) is 22.3. The average molecular weight is 354 g/mol. The van der Waals surface area contributed by atoms with Crippen molar-refractivity contribution in [2.45, 2.75) is 18.9 Å². The van der Waals surface area contributed by atoms with Gasteiger partial charge in [0.05, 0.1) is 24.2 Å². The molecule has 3 heterocycles. The van der Waals surface area contributed by atoms with Crippen LogP contribution in [0, 0.1) is 0 Å². The predicted octanol–water partition coefficient (Wildman–Crippen LogP) is -0.180. The van der Waals surface area contributed by atoms with Crippen LogP contribution in [0.4, 0.5) is 0 Å². The minimum Gasteiger partial charge on any atom is -0.467 e. The molecule has 24 heavy (non-hydrogen) atoms. The van der Waals surface area contributed by atoms with Crippen LogP contribution in [0.15, 0.2) is 12.4 Å². The van der Waals surface area contributed by atoms with E-state index in [-0.39, 0.29) is 23.4 Å². The third-order valence-corrected chi connectivity index (χ3v) is 6.42. The number of carbonyl (C=O) groups excluding carboxylic acids is 1. The van der Waals surface area contributed by atoms with Crippen LogP contribution in [-0.4, -0.2) is 84.9 Å². The molecule has 0 N–H and O–H groups in total. The minimum atomic E-state index is -2.84. The van der Waals surface area contributed by atoms with Gasteiger partial charge in [0.25, 0.3) is 5.91 Å². The predicted molar refractivity (Wildman–Crippen MR) is 87.7 cm³/mol. The maximum Gasteiger partial charge on any atom is 0.316 e. The van der Waals surface area contributed by atoms with Crippen molar-refractivity contribution in [1.82, 2.24) is 19.8 Å². The summed E-state index contributed by atoms with van der Waals surface area (Å²) in [4.78, 5) is 24.5. The van der Waals surface area contributed by atoms with Gasteiger partial charge in [0.2, 0.25) is 0 Å². The van der Waals surface area contributed by atoms with Crippen LogP contribution < -0.4 is 4.74 Å². The van der Waals surface area contributed by atoms with Gasteiger partial charge in [-0.3, -0.25) is 9.69 Å². The molecule has 1 aromatic rings. The smallest absolute Gasteiger partial charge is 0.316 e. The number of aromatic nitrogens is 2. The molecule has 0 saturated carbocycles. The number of carbonyl (C=O) groups is 1. The highest BCUT2D eigenvalue weighted by Gasteiger charge is 2.31. The largest absolute Gasteiger partial charge is 0.467 e. The number of hydrogen-bond donors (Lipinski definition) is 0. The number of amides is 1. The van der Waals surface area contributed by atoms with E-state index in [2.05, 4.69) is 14.9 Å². The molecule has 9 heteroatoms. The standard InChI is InChI=1S/C15H22N4O4S/c1-23-15-16-10-12(11-17-15)14(20)19-6-4-18(5-7-19)13-2-8-24(21,22)9-3-13/h10-11,13H,2-9H2,1H3. The van der Waals surface area contributed by atoms with Gasteiger partial charge in [0, 0.05) is 44.6 Å². The quantitative estimate of drug-likeness (QED) is 0.743. The molecule has 0 atom stereocenters. The Kier molecular flexibility index (Phi) is 5.00. The molecule has 132 valence electrons. The molecule has 8 nitrogen and oxygen atoms in total. The molecule has 0 unspecified atom stereocenters. The van der Waals surface area contributed by atoms with Crippen molar-refractivity contribution in [1.29, 1.82) is 0 Å². The Balaban J connectivity index is 1.53. The first kappa shape index (κ1) is 17.1. The average Bonchev–Trinajstić information content (AvgIpc) is 2.61. The lowest BCUT2D eigenvalue weighted by atomic mass is 10.1. The monoisotopic (exact) mass is 354 g/mol. The van der Waals surface area contributed by atoms with Crippen molar-refractivity contribution in [3.05, 3.63) is 18.0 Å². The van der Waals surface area contributed by atoms with Gasteiger partial charge in [0.15, 0.2) is 0 Å². The second kappa shape index (κ2) is 7.02. The lowest BCUT2D eigenvalue weighted by Gasteiger charge is -2.40. The van der Waals surface area contributed by atoms with Gasteiger partial charge >= 0.3 is 6.01 Å². The molecular weight excluding hydrogens is 332 g/mol. The molecule has 0 bridgehead atoms. The van der Waals surface area contributed by atoms with Crippen LogP contribution >= 0.6 is 0 Å². The number of nitrogens with zero attached hydrogens (tertiary/aromatic N) is 4. The summed E-state index contributed by atoms with van der Waals surface area (Å²) < 4.78 is 28.0. The minimum absolute atomic E-state index is 0.0801. The molecule has 0 aromatic carbocycles. The zero-order valence-corrected chi connectivity index (χ0v) is 14.5. The molecule has 0 radical (unpaired) electrons. The number of ether oxygens (including phenoxy) is 1. The van der Waals surface area contributed by atoms with Crippen molar-refractivity contribution in [2.75, 3.05) is 44.8 Å². The number of rotatable bonds is 3. The first-order chi connectivity index (χ1) is 11.5. The van der Waals surface area contributed by atoms with Crippen molar-refractivity contribution in [3.63, 3.8) is 0 Å².